The van der Waals surface area contributed by atoms with Crippen LogP contribution in [0.5, 0.6) is 11.5 Å². The Balaban J connectivity index is 1.76. The van der Waals surface area contributed by atoms with Crippen molar-refractivity contribution in [3.05, 3.63) is 72.1 Å². The molecule has 138 valence electrons. The molecule has 27 heavy (non-hydrogen) atoms. The number of nitrogens with zero attached hydrogens (tertiary/aromatic N) is 2. The minimum atomic E-state index is 0.0334. The Kier molecular flexibility index (Phi) is 4.94. The van der Waals surface area contributed by atoms with Gasteiger partial charge in [0.2, 0.25) is 0 Å². The smallest absolute Gasteiger partial charge is 0.162 e. The molecular formula is C22H22N2O2S. The van der Waals surface area contributed by atoms with Gasteiger partial charge >= 0.3 is 0 Å². The van der Waals surface area contributed by atoms with Crippen LogP contribution in [0.1, 0.15) is 24.2 Å². The van der Waals surface area contributed by atoms with Crippen molar-refractivity contribution in [1.29, 1.82) is 0 Å². The molecule has 0 radical (unpaired) electrons. The Bertz CT molecular complexity index is 979. The summed E-state index contributed by atoms with van der Waals surface area (Å²) >= 11 is 1.81. The van der Waals surface area contributed by atoms with E-state index in [0.717, 1.165) is 39.9 Å². The molecule has 1 aliphatic rings. The van der Waals surface area contributed by atoms with Crippen molar-refractivity contribution in [2.24, 2.45) is 4.99 Å². The minimum Gasteiger partial charge on any atom is -0.493 e. The first-order valence-corrected chi connectivity index (χ1v) is 9.88. The number of ether oxygens (including phenoxy) is 2. The lowest BCUT2D eigenvalue weighted by atomic mass is 10.1. The fraction of sp³-hybridized carbons (Fsp3) is 0.227. The van der Waals surface area contributed by atoms with Crippen LogP contribution in [-0.2, 0) is 0 Å². The van der Waals surface area contributed by atoms with Crippen molar-refractivity contribution in [2.75, 3.05) is 20.0 Å². The van der Waals surface area contributed by atoms with Gasteiger partial charge in [-0.25, -0.2) is 0 Å². The maximum absolute atomic E-state index is 5.52. The van der Waals surface area contributed by atoms with Crippen LogP contribution in [0.3, 0.4) is 0 Å². The molecular weight excluding hydrogens is 356 g/mol. The molecule has 4 nitrogen and oxygen atoms in total. The second kappa shape index (κ2) is 7.53. The van der Waals surface area contributed by atoms with Crippen LogP contribution in [0.2, 0.25) is 0 Å². The Morgan fingerprint density at radius 2 is 1.74 bits per heavy atom. The summed E-state index contributed by atoms with van der Waals surface area (Å²) in [5, 5.41) is 0. The highest BCUT2D eigenvalue weighted by molar-refractivity contribution is 8.00. The van der Waals surface area contributed by atoms with Gasteiger partial charge < -0.3 is 14.0 Å². The molecule has 0 bridgehead atoms. The van der Waals surface area contributed by atoms with Crippen LogP contribution in [0.4, 0.5) is 0 Å². The van der Waals surface area contributed by atoms with E-state index >= 15 is 0 Å². The number of methoxy groups -OCH3 is 2. The molecule has 0 saturated heterocycles. The number of hydrogen-bond donors (Lipinski definition) is 0. The number of thioether (sulfide) groups is 1. The maximum Gasteiger partial charge on any atom is 0.162 e. The molecule has 4 rings (SSSR count). The van der Waals surface area contributed by atoms with Gasteiger partial charge in [0.15, 0.2) is 11.5 Å². The number of rotatable bonds is 5. The second-order valence-electron chi connectivity index (χ2n) is 6.38. The summed E-state index contributed by atoms with van der Waals surface area (Å²) in [6.07, 6.45) is 2.08. The van der Waals surface area contributed by atoms with Gasteiger partial charge in [0, 0.05) is 28.5 Å². The van der Waals surface area contributed by atoms with E-state index in [4.69, 9.17) is 14.5 Å². The highest BCUT2D eigenvalue weighted by Crippen LogP contribution is 2.39. The van der Waals surface area contributed by atoms with Crippen molar-refractivity contribution in [3.8, 4) is 17.2 Å². The van der Waals surface area contributed by atoms with Crippen molar-refractivity contribution in [3.63, 3.8) is 0 Å². The van der Waals surface area contributed by atoms with E-state index in [2.05, 4.69) is 54.1 Å². The largest absolute Gasteiger partial charge is 0.493 e. The van der Waals surface area contributed by atoms with E-state index in [0.29, 0.717) is 0 Å². The monoisotopic (exact) mass is 378 g/mol. The van der Waals surface area contributed by atoms with Gasteiger partial charge in [0.05, 0.1) is 37.4 Å². The number of aliphatic imine (C=N–C) groups is 1. The Labute approximate surface area is 163 Å². The average molecular weight is 378 g/mol. The topological polar surface area (TPSA) is 35.8 Å². The lowest BCUT2D eigenvalue weighted by Gasteiger charge is -2.17. The zero-order valence-electron chi connectivity index (χ0n) is 15.7. The molecule has 1 aliphatic heterocycles. The third-order valence-corrected chi connectivity index (χ3v) is 5.78. The van der Waals surface area contributed by atoms with E-state index in [1.165, 1.54) is 4.90 Å². The van der Waals surface area contributed by atoms with Crippen molar-refractivity contribution in [1.82, 2.24) is 4.57 Å². The summed E-state index contributed by atoms with van der Waals surface area (Å²) in [5.41, 5.74) is 4.43. The summed E-state index contributed by atoms with van der Waals surface area (Å²) in [6.45, 7) is 2.13. The predicted molar refractivity (Wildman–Crippen MR) is 111 cm³/mol. The molecule has 0 spiro atoms. The fourth-order valence-electron chi connectivity index (χ4n) is 3.40. The Hall–Kier alpha value is -2.66. The van der Waals surface area contributed by atoms with Gasteiger partial charge in [0.25, 0.3) is 0 Å². The fourth-order valence-corrected chi connectivity index (χ4v) is 4.28. The average Bonchev–Trinajstić information content (AvgIpc) is 3.16. The molecule has 0 saturated carbocycles. The summed E-state index contributed by atoms with van der Waals surface area (Å²) < 4.78 is 13.2. The first kappa shape index (κ1) is 17.7. The van der Waals surface area contributed by atoms with Crippen LogP contribution in [0, 0.1) is 0 Å². The molecule has 1 unspecified atom stereocenters. The molecule has 3 aromatic rings. The van der Waals surface area contributed by atoms with Gasteiger partial charge in [-0.1, -0.05) is 18.2 Å². The van der Waals surface area contributed by atoms with E-state index in [1.54, 1.807) is 26.0 Å². The molecule has 1 aromatic heterocycles. The van der Waals surface area contributed by atoms with E-state index in [9.17, 15) is 0 Å². The van der Waals surface area contributed by atoms with Gasteiger partial charge in [0.1, 0.15) is 0 Å². The highest BCUT2D eigenvalue weighted by Gasteiger charge is 2.23. The maximum atomic E-state index is 5.52. The predicted octanol–water partition coefficient (Wildman–Crippen LogP) is 5.15. The van der Waals surface area contributed by atoms with E-state index in [1.807, 2.05) is 18.2 Å². The van der Waals surface area contributed by atoms with Crippen molar-refractivity contribution in [2.45, 2.75) is 17.9 Å². The number of aromatic nitrogens is 1. The Morgan fingerprint density at radius 1 is 1.00 bits per heavy atom. The minimum absolute atomic E-state index is 0.0334. The molecule has 2 aromatic carbocycles. The van der Waals surface area contributed by atoms with Crippen molar-refractivity contribution < 1.29 is 9.47 Å². The number of hydrogen-bond acceptors (Lipinski definition) is 4. The summed E-state index contributed by atoms with van der Waals surface area (Å²) in [5.74, 6) is 2.28. The first-order valence-electron chi connectivity index (χ1n) is 8.90. The van der Waals surface area contributed by atoms with Crippen LogP contribution >= 0.6 is 11.8 Å². The van der Waals surface area contributed by atoms with Crippen LogP contribution in [0.25, 0.3) is 5.69 Å². The molecule has 0 fully saturated rings. The zero-order chi connectivity index (χ0) is 18.8. The van der Waals surface area contributed by atoms with Gasteiger partial charge in [-0.3, -0.25) is 4.99 Å². The molecule has 1 atom stereocenters. The Morgan fingerprint density at radius 3 is 2.48 bits per heavy atom. The molecule has 0 N–H and O–H groups in total. The van der Waals surface area contributed by atoms with E-state index < -0.39 is 0 Å². The number of benzene rings is 2. The van der Waals surface area contributed by atoms with E-state index in [-0.39, 0.29) is 6.04 Å². The lowest BCUT2D eigenvalue weighted by Crippen LogP contribution is -2.09. The van der Waals surface area contributed by atoms with Gasteiger partial charge in [-0.05, 0) is 37.3 Å². The summed E-state index contributed by atoms with van der Waals surface area (Å²) in [4.78, 5) is 6.30. The lowest BCUT2D eigenvalue weighted by molar-refractivity contribution is 0.354. The van der Waals surface area contributed by atoms with Gasteiger partial charge in [-0.2, -0.15) is 0 Å². The molecule has 0 aliphatic carbocycles. The molecule has 2 heterocycles. The zero-order valence-corrected chi connectivity index (χ0v) is 16.5. The third-order valence-electron chi connectivity index (χ3n) is 4.76. The first-order chi connectivity index (χ1) is 13.2. The standard InChI is InChI=1S/C22H22N2O2S/c1-15-17-12-21(25-2)22(26-3)13-20(17)24-11-7-10-19(24)18(23-15)14-27-16-8-5-4-6-9-16/h4-13,15H,14H2,1-3H3. The van der Waals surface area contributed by atoms with Gasteiger partial charge in [-0.15, -0.1) is 11.8 Å². The van der Waals surface area contributed by atoms with Crippen molar-refractivity contribution >= 4 is 17.5 Å². The second-order valence-corrected chi connectivity index (χ2v) is 7.43. The highest BCUT2D eigenvalue weighted by atomic mass is 32.2. The van der Waals surface area contributed by atoms with Crippen LogP contribution in [-0.4, -0.2) is 30.3 Å². The summed E-state index contributed by atoms with van der Waals surface area (Å²) in [7, 11) is 3.33. The summed E-state index contributed by atoms with van der Waals surface area (Å²) in [6, 6.07) is 18.7. The van der Waals surface area contributed by atoms with Crippen LogP contribution in [0.15, 0.2) is 70.7 Å². The normalized spacial score (nSPS) is 15.4. The third kappa shape index (κ3) is 3.35. The molecule has 0 amide bonds. The molecule has 5 heteroatoms. The SMILES string of the molecule is COc1cc2c(cc1OC)-n1cccc1C(CSc1ccccc1)=NC2C. The van der Waals surface area contributed by atoms with Crippen LogP contribution < -0.4 is 9.47 Å². The number of fused-ring (bicyclic) bond motifs is 3. The quantitative estimate of drug-likeness (QED) is 0.576.